The van der Waals surface area contributed by atoms with Crippen LogP contribution < -0.4 is 10.6 Å². The maximum Gasteiger partial charge on any atom is 0.191 e. The van der Waals surface area contributed by atoms with E-state index in [4.69, 9.17) is 0 Å². The summed E-state index contributed by atoms with van der Waals surface area (Å²) < 4.78 is 1.12. The van der Waals surface area contributed by atoms with Gasteiger partial charge < -0.3 is 10.6 Å². The van der Waals surface area contributed by atoms with Gasteiger partial charge >= 0.3 is 0 Å². The summed E-state index contributed by atoms with van der Waals surface area (Å²) >= 11 is 6.74. The lowest BCUT2D eigenvalue weighted by molar-refractivity contribution is 0.923. The highest BCUT2D eigenvalue weighted by Gasteiger charge is 2.04. The predicted octanol–water partition coefficient (Wildman–Crippen LogP) is 4.46. The van der Waals surface area contributed by atoms with Gasteiger partial charge in [0.05, 0.1) is 6.54 Å². The molecule has 0 atom stereocenters. The van der Waals surface area contributed by atoms with Gasteiger partial charge in [0, 0.05) is 27.3 Å². The lowest BCUT2D eigenvalue weighted by atomic mass is 10.4. The van der Waals surface area contributed by atoms with Crippen molar-refractivity contribution in [3.8, 4) is 0 Å². The summed E-state index contributed by atoms with van der Waals surface area (Å²) in [5.74, 6) is 1.73. The van der Waals surface area contributed by atoms with Crippen LogP contribution >= 0.6 is 39.0 Å². The van der Waals surface area contributed by atoms with Crippen LogP contribution in [0, 0.1) is 0 Å². The lowest BCUT2D eigenvalue weighted by Gasteiger charge is -2.09. The van der Waals surface area contributed by atoms with Crippen LogP contribution in [0.25, 0.3) is 0 Å². The number of halogens is 1. The zero-order valence-electron chi connectivity index (χ0n) is 11.4. The molecule has 0 radical (unpaired) electrons. The van der Waals surface area contributed by atoms with Crippen molar-refractivity contribution in [3.63, 3.8) is 0 Å². The largest absolute Gasteiger partial charge is 0.370 e. The molecule has 0 saturated carbocycles. The van der Waals surface area contributed by atoms with Crippen LogP contribution in [0.2, 0.25) is 0 Å². The van der Waals surface area contributed by atoms with Crippen molar-refractivity contribution < 1.29 is 0 Å². The summed E-state index contributed by atoms with van der Waals surface area (Å²) in [6.45, 7) is 3.83. The van der Waals surface area contributed by atoms with Gasteiger partial charge in [0.1, 0.15) is 11.6 Å². The molecule has 108 valence electrons. The van der Waals surface area contributed by atoms with Crippen LogP contribution in [0.1, 0.15) is 18.2 Å². The fourth-order valence-electron chi connectivity index (χ4n) is 1.57. The predicted molar refractivity (Wildman–Crippen MR) is 91.9 cm³/mol. The molecule has 4 nitrogen and oxygen atoms in total. The molecule has 0 aliphatic heterocycles. The van der Waals surface area contributed by atoms with E-state index < -0.39 is 0 Å². The molecule has 20 heavy (non-hydrogen) atoms. The average molecular weight is 373 g/mol. The first-order valence-electron chi connectivity index (χ1n) is 6.35. The van der Waals surface area contributed by atoms with E-state index in [1.165, 1.54) is 4.88 Å². The maximum atomic E-state index is 4.48. The van der Waals surface area contributed by atoms with Crippen LogP contribution in [0.3, 0.4) is 0 Å². The second-order valence-corrected chi connectivity index (χ2v) is 6.82. The number of hydrogen-bond acceptors (Lipinski definition) is 6. The normalized spacial score (nSPS) is 10.6. The highest BCUT2D eigenvalue weighted by molar-refractivity contribution is 9.10. The molecule has 2 aromatic rings. The minimum absolute atomic E-state index is 0.772. The summed E-state index contributed by atoms with van der Waals surface area (Å²) in [4.78, 5) is 10.2. The van der Waals surface area contributed by atoms with Crippen molar-refractivity contribution in [2.75, 3.05) is 23.4 Å². The number of nitrogens with one attached hydrogen (secondary N) is 2. The van der Waals surface area contributed by atoms with E-state index >= 15 is 0 Å². The molecule has 0 aromatic carbocycles. The first-order valence-corrected chi connectivity index (χ1v) is 9.24. The topological polar surface area (TPSA) is 49.8 Å². The average Bonchev–Trinajstić information content (AvgIpc) is 2.88. The van der Waals surface area contributed by atoms with Crippen LogP contribution in [-0.2, 0) is 6.54 Å². The van der Waals surface area contributed by atoms with Gasteiger partial charge in [-0.15, -0.1) is 11.3 Å². The number of thioether (sulfide) groups is 1. The molecular weight excluding hydrogens is 356 g/mol. The molecule has 7 heteroatoms. The van der Waals surface area contributed by atoms with E-state index in [1.54, 1.807) is 23.1 Å². The zero-order valence-corrected chi connectivity index (χ0v) is 14.7. The molecule has 2 rings (SSSR count). The maximum absolute atomic E-state index is 4.48. The molecule has 0 aliphatic rings. The fourth-order valence-corrected chi connectivity index (χ4v) is 3.34. The third-order valence-corrected chi connectivity index (χ3v) is 4.76. The molecule has 0 aliphatic carbocycles. The van der Waals surface area contributed by atoms with Crippen molar-refractivity contribution in [1.29, 1.82) is 0 Å². The van der Waals surface area contributed by atoms with Gasteiger partial charge in [-0.2, -0.15) is 0 Å². The monoisotopic (exact) mass is 372 g/mol. The minimum atomic E-state index is 0.772. The van der Waals surface area contributed by atoms with Crippen molar-refractivity contribution in [2.24, 2.45) is 0 Å². The quantitative estimate of drug-likeness (QED) is 0.555. The Hall–Kier alpha value is -0.790. The van der Waals surface area contributed by atoms with Crippen LogP contribution in [0.4, 0.5) is 11.6 Å². The second-order valence-electron chi connectivity index (χ2n) is 4.14. The number of nitrogens with zero attached hydrogens (tertiary/aromatic N) is 2. The number of anilines is 2. The number of aromatic nitrogens is 2. The van der Waals surface area contributed by atoms with Gasteiger partial charge in [0.15, 0.2) is 5.16 Å². The highest BCUT2D eigenvalue weighted by atomic mass is 79.9. The van der Waals surface area contributed by atoms with Crippen molar-refractivity contribution >= 4 is 50.7 Å². The number of rotatable bonds is 7. The summed E-state index contributed by atoms with van der Waals surface area (Å²) in [6.07, 6.45) is 3.06. The molecule has 0 spiro atoms. The fraction of sp³-hybridized carbons (Fsp3) is 0.385. The van der Waals surface area contributed by atoms with Gasteiger partial charge in [0.25, 0.3) is 0 Å². The first-order chi connectivity index (χ1) is 9.71. The van der Waals surface area contributed by atoms with Gasteiger partial charge in [0.2, 0.25) is 0 Å². The smallest absolute Gasteiger partial charge is 0.191 e. The van der Waals surface area contributed by atoms with E-state index in [2.05, 4.69) is 54.9 Å². The van der Waals surface area contributed by atoms with Crippen molar-refractivity contribution in [2.45, 2.75) is 25.0 Å². The SMILES string of the molecule is CCCNc1cc(NCc2cc(Br)cs2)nc(SC)n1. The lowest BCUT2D eigenvalue weighted by Crippen LogP contribution is -2.06. The van der Waals surface area contributed by atoms with E-state index in [1.807, 2.05) is 12.3 Å². The molecule has 0 unspecified atom stereocenters. The van der Waals surface area contributed by atoms with Crippen LogP contribution in [-0.4, -0.2) is 22.8 Å². The third-order valence-electron chi connectivity index (χ3n) is 2.51. The zero-order chi connectivity index (χ0) is 14.4. The first kappa shape index (κ1) is 15.6. The van der Waals surface area contributed by atoms with Crippen molar-refractivity contribution in [1.82, 2.24) is 9.97 Å². The van der Waals surface area contributed by atoms with Gasteiger partial charge in [-0.3, -0.25) is 0 Å². The Labute approximate surface area is 135 Å². The summed E-state index contributed by atoms with van der Waals surface area (Å²) in [5.41, 5.74) is 0. The summed E-state index contributed by atoms with van der Waals surface area (Å²) in [7, 11) is 0. The Balaban J connectivity index is 2.05. The Kier molecular flexibility index (Phi) is 6.12. The summed E-state index contributed by atoms with van der Waals surface area (Å²) in [6, 6.07) is 4.07. The Morgan fingerprint density at radius 2 is 2.00 bits per heavy atom. The van der Waals surface area contributed by atoms with Crippen molar-refractivity contribution in [3.05, 3.63) is 26.9 Å². The molecule has 0 bridgehead atoms. The second kappa shape index (κ2) is 7.85. The molecule has 0 fully saturated rings. The van der Waals surface area contributed by atoms with Crippen LogP contribution in [0.15, 0.2) is 27.1 Å². The number of thiophene rings is 1. The molecule has 0 saturated heterocycles. The van der Waals surface area contributed by atoms with E-state index in [0.717, 1.165) is 40.8 Å². The Bertz CT molecular complexity index is 559. The standard InChI is InChI=1S/C13H17BrN4S2/c1-3-4-15-11-6-12(18-13(17-11)19-2)16-7-10-5-9(14)8-20-10/h5-6,8H,3-4,7H2,1-2H3,(H2,15,16,17,18). The molecule has 2 aromatic heterocycles. The van der Waals surface area contributed by atoms with Gasteiger partial charge in [-0.05, 0) is 34.7 Å². The summed E-state index contributed by atoms with van der Waals surface area (Å²) in [5, 5.41) is 9.51. The van der Waals surface area contributed by atoms with E-state index in [0.29, 0.717) is 0 Å². The van der Waals surface area contributed by atoms with E-state index in [-0.39, 0.29) is 0 Å². The molecule has 2 N–H and O–H groups in total. The van der Waals surface area contributed by atoms with Gasteiger partial charge in [-0.25, -0.2) is 9.97 Å². The highest BCUT2D eigenvalue weighted by Crippen LogP contribution is 2.22. The minimum Gasteiger partial charge on any atom is -0.370 e. The van der Waals surface area contributed by atoms with E-state index in [9.17, 15) is 0 Å². The molecular formula is C13H17BrN4S2. The van der Waals surface area contributed by atoms with Gasteiger partial charge in [-0.1, -0.05) is 18.7 Å². The Morgan fingerprint density at radius 3 is 2.60 bits per heavy atom. The third kappa shape index (κ3) is 4.64. The number of hydrogen-bond donors (Lipinski definition) is 2. The van der Waals surface area contributed by atoms with Crippen LogP contribution in [0.5, 0.6) is 0 Å². The molecule has 2 heterocycles. The molecule has 0 amide bonds. The Morgan fingerprint density at radius 1 is 1.25 bits per heavy atom.